The summed E-state index contributed by atoms with van der Waals surface area (Å²) in [7, 11) is -3.26. The minimum atomic E-state index is -3.26. The minimum Gasteiger partial charge on any atom is -0.344 e. The van der Waals surface area contributed by atoms with E-state index in [1.165, 1.54) is 4.31 Å². The molecule has 142 valence electrons. The molecule has 1 saturated heterocycles. The highest BCUT2D eigenvalue weighted by Crippen LogP contribution is 2.27. The molecule has 2 amide bonds. The second kappa shape index (κ2) is 7.75. The maximum absolute atomic E-state index is 12.1. The van der Waals surface area contributed by atoms with E-state index >= 15 is 0 Å². The Balaban J connectivity index is 1.63. The number of sulfonamides is 1. The summed E-state index contributed by atoms with van der Waals surface area (Å²) >= 11 is 0. The number of pyridine rings is 1. The van der Waals surface area contributed by atoms with Crippen molar-refractivity contribution in [2.24, 2.45) is 0 Å². The minimum absolute atomic E-state index is 0.141. The first-order valence-electron chi connectivity index (χ1n) is 8.46. The van der Waals surface area contributed by atoms with Gasteiger partial charge < -0.3 is 10.6 Å². The van der Waals surface area contributed by atoms with Gasteiger partial charge in [0.15, 0.2) is 0 Å². The lowest BCUT2D eigenvalue weighted by atomic mass is 10.1. The van der Waals surface area contributed by atoms with E-state index in [0.29, 0.717) is 29.9 Å². The van der Waals surface area contributed by atoms with E-state index in [2.05, 4.69) is 15.6 Å². The molecule has 0 atom stereocenters. The molecule has 0 aliphatic carbocycles. The second-order valence-corrected chi connectivity index (χ2v) is 8.25. The van der Waals surface area contributed by atoms with Crippen LogP contribution in [0, 0.1) is 6.92 Å². The molecule has 1 aromatic heterocycles. The number of carbonyl (C=O) groups is 2. The van der Waals surface area contributed by atoms with Crippen LogP contribution in [-0.2, 0) is 26.2 Å². The number of hydrogen-bond acceptors (Lipinski definition) is 5. The molecule has 1 fully saturated rings. The number of nitrogens with zero attached hydrogens (tertiary/aromatic N) is 2. The summed E-state index contributed by atoms with van der Waals surface area (Å²) < 4.78 is 25.4. The van der Waals surface area contributed by atoms with Gasteiger partial charge in [0.25, 0.3) is 0 Å². The zero-order valence-electron chi connectivity index (χ0n) is 14.8. The third kappa shape index (κ3) is 4.43. The largest absolute Gasteiger partial charge is 0.344 e. The van der Waals surface area contributed by atoms with Crippen LogP contribution in [0.4, 0.5) is 11.4 Å². The fourth-order valence-electron chi connectivity index (χ4n) is 2.82. The van der Waals surface area contributed by atoms with Crippen molar-refractivity contribution in [3.05, 3.63) is 53.9 Å². The van der Waals surface area contributed by atoms with Gasteiger partial charge in [-0.15, -0.1) is 0 Å². The van der Waals surface area contributed by atoms with Crippen molar-refractivity contribution < 1.29 is 18.0 Å². The number of nitrogens with one attached hydrogen (secondary N) is 2. The lowest BCUT2D eigenvalue weighted by Crippen LogP contribution is -2.35. The van der Waals surface area contributed by atoms with Crippen LogP contribution in [0.3, 0.4) is 0 Å². The highest BCUT2D eigenvalue weighted by Gasteiger charge is 2.28. The van der Waals surface area contributed by atoms with Crippen LogP contribution in [0.2, 0.25) is 0 Å². The predicted molar refractivity (Wildman–Crippen MR) is 102 cm³/mol. The van der Waals surface area contributed by atoms with Gasteiger partial charge in [-0.2, -0.15) is 0 Å². The zero-order valence-corrected chi connectivity index (χ0v) is 15.6. The smallest absolute Gasteiger partial charge is 0.313 e. The number of amides is 2. The molecule has 1 aliphatic heterocycles. The molecule has 27 heavy (non-hydrogen) atoms. The summed E-state index contributed by atoms with van der Waals surface area (Å²) in [6.07, 6.45) is 3.82. The van der Waals surface area contributed by atoms with Gasteiger partial charge >= 0.3 is 11.8 Å². The average molecular weight is 388 g/mol. The van der Waals surface area contributed by atoms with E-state index in [-0.39, 0.29) is 12.3 Å². The van der Waals surface area contributed by atoms with Crippen molar-refractivity contribution in [1.82, 2.24) is 10.3 Å². The highest BCUT2D eigenvalue weighted by molar-refractivity contribution is 7.93. The molecular weight excluding hydrogens is 368 g/mol. The first kappa shape index (κ1) is 18.8. The van der Waals surface area contributed by atoms with Crippen molar-refractivity contribution in [3.8, 4) is 0 Å². The second-order valence-electron chi connectivity index (χ2n) is 6.24. The fourth-order valence-corrected chi connectivity index (χ4v) is 4.37. The SMILES string of the molecule is Cc1cc(N2CCCS2(=O)=O)ccc1NC(=O)C(=O)NCc1cccnc1. The Kier molecular flexibility index (Phi) is 5.41. The maximum Gasteiger partial charge on any atom is 0.313 e. The molecule has 0 unspecified atom stereocenters. The quantitative estimate of drug-likeness (QED) is 0.765. The Morgan fingerprint density at radius 1 is 1.22 bits per heavy atom. The maximum atomic E-state index is 12.1. The lowest BCUT2D eigenvalue weighted by molar-refractivity contribution is -0.136. The zero-order chi connectivity index (χ0) is 19.4. The number of anilines is 2. The standard InChI is InChI=1S/C18H20N4O4S/c1-13-10-15(22-8-3-9-27(22,25)26)5-6-16(13)21-18(24)17(23)20-12-14-4-2-7-19-11-14/h2,4-7,10-11H,3,8-9,12H2,1H3,(H,20,23)(H,21,24). The van der Waals surface area contributed by atoms with Gasteiger partial charge in [0.2, 0.25) is 10.0 Å². The van der Waals surface area contributed by atoms with E-state index < -0.39 is 21.8 Å². The van der Waals surface area contributed by atoms with Gasteiger partial charge in [0.05, 0.1) is 11.4 Å². The van der Waals surface area contributed by atoms with Gasteiger partial charge in [-0.25, -0.2) is 8.42 Å². The molecule has 9 heteroatoms. The lowest BCUT2D eigenvalue weighted by Gasteiger charge is -2.18. The third-order valence-corrected chi connectivity index (χ3v) is 6.10. The van der Waals surface area contributed by atoms with E-state index in [1.807, 2.05) is 0 Å². The van der Waals surface area contributed by atoms with Gasteiger partial charge in [-0.1, -0.05) is 6.07 Å². The highest BCUT2D eigenvalue weighted by atomic mass is 32.2. The number of aromatic nitrogens is 1. The Morgan fingerprint density at radius 3 is 2.67 bits per heavy atom. The number of rotatable bonds is 4. The number of aryl methyl sites for hydroxylation is 1. The summed E-state index contributed by atoms with van der Waals surface area (Å²) in [6.45, 7) is 2.39. The Hall–Kier alpha value is -2.94. The van der Waals surface area contributed by atoms with Crippen molar-refractivity contribution in [2.75, 3.05) is 21.9 Å². The van der Waals surface area contributed by atoms with Gasteiger partial charge in [0.1, 0.15) is 0 Å². The summed E-state index contributed by atoms with van der Waals surface area (Å²) in [5.74, 6) is -1.41. The number of benzene rings is 1. The molecule has 1 aliphatic rings. The molecular formula is C18H20N4O4S. The van der Waals surface area contributed by atoms with Crippen LogP contribution in [0.5, 0.6) is 0 Å². The van der Waals surface area contributed by atoms with Gasteiger partial charge in [0, 0.05) is 31.2 Å². The van der Waals surface area contributed by atoms with E-state index in [0.717, 1.165) is 5.56 Å². The van der Waals surface area contributed by atoms with Crippen LogP contribution in [-0.4, -0.2) is 37.5 Å². The average Bonchev–Trinajstić information content (AvgIpc) is 3.01. The monoisotopic (exact) mass is 388 g/mol. The van der Waals surface area contributed by atoms with Gasteiger partial charge in [-0.05, 0) is 48.7 Å². The van der Waals surface area contributed by atoms with Crippen molar-refractivity contribution in [1.29, 1.82) is 0 Å². The Labute approximate surface area is 157 Å². The molecule has 2 heterocycles. The Morgan fingerprint density at radius 2 is 2.04 bits per heavy atom. The molecule has 0 bridgehead atoms. The molecule has 1 aromatic carbocycles. The van der Waals surface area contributed by atoms with Crippen LogP contribution in [0.25, 0.3) is 0 Å². The van der Waals surface area contributed by atoms with Crippen LogP contribution >= 0.6 is 0 Å². The first-order valence-corrected chi connectivity index (χ1v) is 10.1. The van der Waals surface area contributed by atoms with E-state index in [1.54, 1.807) is 49.6 Å². The molecule has 0 radical (unpaired) electrons. The number of hydrogen-bond donors (Lipinski definition) is 2. The van der Waals surface area contributed by atoms with Gasteiger partial charge in [-0.3, -0.25) is 18.9 Å². The van der Waals surface area contributed by atoms with Crippen molar-refractivity contribution in [2.45, 2.75) is 19.9 Å². The summed E-state index contributed by atoms with van der Waals surface area (Å²) in [5, 5.41) is 5.08. The molecule has 0 saturated carbocycles. The predicted octanol–water partition coefficient (Wildman–Crippen LogP) is 1.18. The normalized spacial score (nSPS) is 15.4. The fraction of sp³-hybridized carbons (Fsp3) is 0.278. The molecule has 2 N–H and O–H groups in total. The number of carbonyl (C=O) groups excluding carboxylic acids is 2. The molecule has 2 aromatic rings. The molecule has 8 nitrogen and oxygen atoms in total. The van der Waals surface area contributed by atoms with E-state index in [4.69, 9.17) is 0 Å². The third-order valence-electron chi connectivity index (χ3n) is 4.23. The van der Waals surface area contributed by atoms with Crippen LogP contribution in [0.15, 0.2) is 42.7 Å². The molecule has 3 rings (SSSR count). The summed E-state index contributed by atoms with van der Waals surface area (Å²) in [6, 6.07) is 8.45. The Bertz CT molecular complexity index is 961. The van der Waals surface area contributed by atoms with Crippen LogP contribution < -0.4 is 14.9 Å². The summed E-state index contributed by atoms with van der Waals surface area (Å²) in [4.78, 5) is 28.0. The summed E-state index contributed by atoms with van der Waals surface area (Å²) in [5.41, 5.74) is 2.47. The van der Waals surface area contributed by atoms with E-state index in [9.17, 15) is 18.0 Å². The molecule has 0 spiro atoms. The van der Waals surface area contributed by atoms with Crippen molar-refractivity contribution >= 4 is 33.2 Å². The van der Waals surface area contributed by atoms with Crippen LogP contribution in [0.1, 0.15) is 17.5 Å². The topological polar surface area (TPSA) is 108 Å². The van der Waals surface area contributed by atoms with Crippen molar-refractivity contribution in [3.63, 3.8) is 0 Å². The first-order chi connectivity index (χ1) is 12.9.